The van der Waals surface area contributed by atoms with Gasteiger partial charge in [-0.2, -0.15) is 0 Å². The number of carboxylic acids is 1. The maximum atomic E-state index is 11.7. The largest absolute Gasteiger partial charge is 0.481 e. The summed E-state index contributed by atoms with van der Waals surface area (Å²) in [6.45, 7) is 1.97. The predicted octanol–water partition coefficient (Wildman–Crippen LogP) is 2.04. The highest BCUT2D eigenvalue weighted by Crippen LogP contribution is 2.10. The lowest BCUT2D eigenvalue weighted by molar-refractivity contribution is -0.137. The molecular formula is C13H22N2O3. The molecule has 3 N–H and O–H groups in total. The number of rotatable bonds is 6. The van der Waals surface area contributed by atoms with Crippen molar-refractivity contribution in [1.82, 2.24) is 10.6 Å². The second kappa shape index (κ2) is 7.74. The summed E-state index contributed by atoms with van der Waals surface area (Å²) in [4.78, 5) is 22.4. The lowest BCUT2D eigenvalue weighted by Crippen LogP contribution is -2.47. The van der Waals surface area contributed by atoms with Crippen LogP contribution in [0.2, 0.25) is 0 Å². The Kier molecular flexibility index (Phi) is 6.25. The average Bonchev–Trinajstić information content (AvgIpc) is 2.29. The molecular weight excluding hydrogens is 232 g/mol. The van der Waals surface area contributed by atoms with Crippen LogP contribution in [0.1, 0.15) is 45.4 Å². The molecule has 0 spiro atoms. The molecule has 0 heterocycles. The van der Waals surface area contributed by atoms with Crippen LogP contribution in [0.4, 0.5) is 4.79 Å². The number of hydrogen-bond acceptors (Lipinski definition) is 2. The first kappa shape index (κ1) is 14.5. The lowest BCUT2D eigenvalue weighted by Gasteiger charge is -2.22. The van der Waals surface area contributed by atoms with Gasteiger partial charge in [-0.1, -0.05) is 25.5 Å². The summed E-state index contributed by atoms with van der Waals surface area (Å²) in [5, 5.41) is 14.4. The number of nitrogens with one attached hydrogen (secondary N) is 2. The summed E-state index contributed by atoms with van der Waals surface area (Å²) in [7, 11) is 0. The van der Waals surface area contributed by atoms with Crippen LogP contribution < -0.4 is 10.6 Å². The van der Waals surface area contributed by atoms with Crippen molar-refractivity contribution in [3.8, 4) is 0 Å². The molecule has 102 valence electrons. The highest BCUT2D eigenvalue weighted by Gasteiger charge is 2.17. The maximum absolute atomic E-state index is 11.7. The van der Waals surface area contributed by atoms with Crippen molar-refractivity contribution in [2.75, 3.05) is 0 Å². The quantitative estimate of drug-likeness (QED) is 0.635. The normalized spacial score (nSPS) is 20.2. The van der Waals surface area contributed by atoms with Crippen LogP contribution in [0.15, 0.2) is 12.2 Å². The van der Waals surface area contributed by atoms with Crippen molar-refractivity contribution in [2.24, 2.45) is 0 Å². The fraction of sp³-hybridized carbons (Fsp3) is 0.692. The Morgan fingerprint density at radius 2 is 2.22 bits per heavy atom. The van der Waals surface area contributed by atoms with Gasteiger partial charge in [0.1, 0.15) is 0 Å². The van der Waals surface area contributed by atoms with Crippen LogP contribution in [0, 0.1) is 0 Å². The maximum Gasteiger partial charge on any atom is 0.315 e. The van der Waals surface area contributed by atoms with E-state index in [1.807, 2.05) is 6.92 Å². The van der Waals surface area contributed by atoms with Crippen LogP contribution >= 0.6 is 0 Å². The molecule has 5 heteroatoms. The van der Waals surface area contributed by atoms with Crippen molar-refractivity contribution < 1.29 is 14.7 Å². The molecule has 0 saturated carbocycles. The standard InChI is InChI=1S/C13H22N2O3/c1-2-6-11(9-12(16)17)15-13(18)14-10-7-4-3-5-8-10/h3-4,10-11H,2,5-9H2,1H3,(H,16,17)(H2,14,15,18). The van der Waals surface area contributed by atoms with Crippen molar-refractivity contribution in [3.05, 3.63) is 12.2 Å². The first-order valence-electron chi connectivity index (χ1n) is 6.55. The third kappa shape index (κ3) is 5.70. The summed E-state index contributed by atoms with van der Waals surface area (Å²) >= 11 is 0. The van der Waals surface area contributed by atoms with Crippen molar-refractivity contribution in [3.63, 3.8) is 0 Å². The number of urea groups is 1. The minimum atomic E-state index is -0.880. The van der Waals surface area contributed by atoms with Crippen molar-refractivity contribution >= 4 is 12.0 Å². The molecule has 2 amide bonds. The Labute approximate surface area is 108 Å². The molecule has 2 unspecified atom stereocenters. The van der Waals surface area contributed by atoms with Crippen LogP contribution in [-0.4, -0.2) is 29.2 Å². The summed E-state index contributed by atoms with van der Waals surface area (Å²) in [6, 6.07) is -0.372. The Balaban J connectivity index is 2.35. The molecule has 0 aromatic rings. The molecule has 1 rings (SSSR count). The number of carboxylic acid groups (broad SMARTS) is 1. The van der Waals surface area contributed by atoms with E-state index < -0.39 is 5.97 Å². The molecule has 0 bridgehead atoms. The number of aliphatic carboxylic acids is 1. The van der Waals surface area contributed by atoms with E-state index in [-0.39, 0.29) is 24.5 Å². The van der Waals surface area contributed by atoms with Gasteiger partial charge < -0.3 is 15.7 Å². The fourth-order valence-corrected chi connectivity index (χ4v) is 2.12. The molecule has 0 radical (unpaired) electrons. The van der Waals surface area contributed by atoms with E-state index in [1.165, 1.54) is 0 Å². The molecule has 0 aliphatic heterocycles. The first-order valence-corrected chi connectivity index (χ1v) is 6.55. The van der Waals surface area contributed by atoms with Gasteiger partial charge in [0.2, 0.25) is 0 Å². The van der Waals surface area contributed by atoms with E-state index in [2.05, 4.69) is 22.8 Å². The minimum absolute atomic E-state index is 0.0220. The Morgan fingerprint density at radius 3 is 2.78 bits per heavy atom. The molecule has 18 heavy (non-hydrogen) atoms. The molecule has 5 nitrogen and oxygen atoms in total. The fourth-order valence-electron chi connectivity index (χ4n) is 2.12. The van der Waals surface area contributed by atoms with Crippen LogP contribution in [0.3, 0.4) is 0 Å². The smallest absolute Gasteiger partial charge is 0.315 e. The molecule has 1 aliphatic rings. The van der Waals surface area contributed by atoms with Crippen molar-refractivity contribution in [2.45, 2.75) is 57.5 Å². The van der Waals surface area contributed by atoms with Gasteiger partial charge in [-0.25, -0.2) is 4.79 Å². The minimum Gasteiger partial charge on any atom is -0.481 e. The van der Waals surface area contributed by atoms with E-state index in [4.69, 9.17) is 5.11 Å². The van der Waals surface area contributed by atoms with Crippen LogP contribution in [0.25, 0.3) is 0 Å². The third-order valence-electron chi connectivity index (χ3n) is 3.00. The Morgan fingerprint density at radius 1 is 1.44 bits per heavy atom. The number of amides is 2. The summed E-state index contributed by atoms with van der Waals surface area (Å²) in [6.07, 6.45) is 8.47. The van der Waals surface area contributed by atoms with Gasteiger partial charge in [0.05, 0.1) is 6.42 Å². The van der Waals surface area contributed by atoms with Gasteiger partial charge in [0, 0.05) is 12.1 Å². The van der Waals surface area contributed by atoms with E-state index in [9.17, 15) is 9.59 Å². The molecule has 2 atom stereocenters. The van der Waals surface area contributed by atoms with Crippen molar-refractivity contribution in [1.29, 1.82) is 0 Å². The Hall–Kier alpha value is -1.52. The van der Waals surface area contributed by atoms with Gasteiger partial charge in [-0.15, -0.1) is 0 Å². The van der Waals surface area contributed by atoms with E-state index in [0.29, 0.717) is 6.42 Å². The van der Waals surface area contributed by atoms with Gasteiger partial charge in [0.25, 0.3) is 0 Å². The zero-order chi connectivity index (χ0) is 13.4. The third-order valence-corrected chi connectivity index (χ3v) is 3.00. The zero-order valence-corrected chi connectivity index (χ0v) is 10.8. The SMILES string of the molecule is CCCC(CC(=O)O)NC(=O)NC1CC=CCC1. The summed E-state index contributed by atoms with van der Waals surface area (Å²) in [5.41, 5.74) is 0. The second-order valence-corrected chi connectivity index (χ2v) is 4.68. The highest BCUT2D eigenvalue weighted by atomic mass is 16.4. The molecule has 0 fully saturated rings. The van der Waals surface area contributed by atoms with Gasteiger partial charge in [0.15, 0.2) is 0 Å². The lowest BCUT2D eigenvalue weighted by atomic mass is 10.0. The zero-order valence-electron chi connectivity index (χ0n) is 10.8. The summed E-state index contributed by atoms with van der Waals surface area (Å²) < 4.78 is 0. The Bertz CT molecular complexity index is 315. The molecule has 1 aliphatic carbocycles. The average molecular weight is 254 g/mol. The second-order valence-electron chi connectivity index (χ2n) is 4.68. The highest BCUT2D eigenvalue weighted by molar-refractivity contribution is 5.76. The van der Waals surface area contributed by atoms with E-state index in [1.54, 1.807) is 0 Å². The van der Waals surface area contributed by atoms with Gasteiger partial charge in [-0.05, 0) is 25.7 Å². The number of carbonyl (C=O) groups is 2. The van der Waals surface area contributed by atoms with Crippen LogP contribution in [-0.2, 0) is 4.79 Å². The van der Waals surface area contributed by atoms with Gasteiger partial charge in [-0.3, -0.25) is 4.79 Å². The number of carbonyl (C=O) groups excluding carboxylic acids is 1. The topological polar surface area (TPSA) is 78.4 Å². The first-order chi connectivity index (χ1) is 8.61. The summed E-state index contributed by atoms with van der Waals surface area (Å²) in [5.74, 6) is -0.880. The molecule has 0 aromatic carbocycles. The molecule has 0 aromatic heterocycles. The molecule has 0 saturated heterocycles. The number of allylic oxidation sites excluding steroid dienone is 1. The van der Waals surface area contributed by atoms with Crippen LogP contribution in [0.5, 0.6) is 0 Å². The monoisotopic (exact) mass is 254 g/mol. The van der Waals surface area contributed by atoms with E-state index >= 15 is 0 Å². The van der Waals surface area contributed by atoms with E-state index in [0.717, 1.165) is 25.7 Å². The van der Waals surface area contributed by atoms with Gasteiger partial charge >= 0.3 is 12.0 Å². The predicted molar refractivity (Wildman–Crippen MR) is 69.4 cm³/mol. The number of hydrogen-bond donors (Lipinski definition) is 3.